The van der Waals surface area contributed by atoms with E-state index in [0.717, 1.165) is 18.4 Å². The Morgan fingerprint density at radius 2 is 1.81 bits per heavy atom. The van der Waals surface area contributed by atoms with Gasteiger partial charge in [-0.3, -0.25) is 10.1 Å². The van der Waals surface area contributed by atoms with Gasteiger partial charge in [0.05, 0.1) is 0 Å². The van der Waals surface area contributed by atoms with Crippen molar-refractivity contribution in [1.82, 2.24) is 5.32 Å². The van der Waals surface area contributed by atoms with Crippen LogP contribution in [0.5, 0.6) is 0 Å². The lowest BCUT2D eigenvalue weighted by Crippen LogP contribution is -2.57. The average Bonchev–Trinajstić information content (AvgIpc) is 2.76. The minimum absolute atomic E-state index is 0.340. The van der Waals surface area contributed by atoms with Crippen molar-refractivity contribution in [2.45, 2.75) is 69.9 Å². The monoisotopic (exact) mass is 289 g/mol. The smallest absolute Gasteiger partial charge is 0.324 e. The van der Waals surface area contributed by atoms with Crippen molar-refractivity contribution in [3.05, 3.63) is 35.9 Å². The number of rotatable bonds is 6. The second-order valence-corrected chi connectivity index (χ2v) is 6.24. The molecule has 0 heterocycles. The molecule has 0 aromatic heterocycles. The Morgan fingerprint density at radius 1 is 1.19 bits per heavy atom. The largest absolute Gasteiger partial charge is 0.480 e. The van der Waals surface area contributed by atoms with Gasteiger partial charge in [0, 0.05) is 12.5 Å². The first-order valence-electron chi connectivity index (χ1n) is 8.21. The number of hydrogen-bond donors (Lipinski definition) is 2. The van der Waals surface area contributed by atoms with Crippen molar-refractivity contribution < 1.29 is 9.90 Å². The van der Waals surface area contributed by atoms with E-state index in [0.29, 0.717) is 18.9 Å². The summed E-state index contributed by atoms with van der Waals surface area (Å²) in [6, 6.07) is 10.3. The van der Waals surface area contributed by atoms with E-state index in [-0.39, 0.29) is 0 Å². The van der Waals surface area contributed by atoms with Gasteiger partial charge in [0.2, 0.25) is 0 Å². The van der Waals surface area contributed by atoms with Gasteiger partial charge in [-0.2, -0.15) is 0 Å². The first kappa shape index (κ1) is 16.0. The summed E-state index contributed by atoms with van der Waals surface area (Å²) < 4.78 is 0. The lowest BCUT2D eigenvalue weighted by atomic mass is 9.86. The third-order valence-electron chi connectivity index (χ3n) is 4.70. The van der Waals surface area contributed by atoms with Crippen molar-refractivity contribution >= 4 is 5.97 Å². The maximum atomic E-state index is 12.0. The van der Waals surface area contributed by atoms with Crippen molar-refractivity contribution in [1.29, 1.82) is 0 Å². The van der Waals surface area contributed by atoms with Gasteiger partial charge in [0.1, 0.15) is 5.54 Å². The summed E-state index contributed by atoms with van der Waals surface area (Å²) in [6.45, 7) is 1.97. The van der Waals surface area contributed by atoms with E-state index in [1.807, 2.05) is 37.3 Å². The average molecular weight is 289 g/mol. The van der Waals surface area contributed by atoms with Gasteiger partial charge >= 0.3 is 5.97 Å². The maximum absolute atomic E-state index is 12.0. The van der Waals surface area contributed by atoms with Crippen LogP contribution in [0, 0.1) is 0 Å². The molecule has 0 bridgehead atoms. The quantitative estimate of drug-likeness (QED) is 0.784. The number of carboxylic acids is 1. The molecular formula is C18H27NO2. The van der Waals surface area contributed by atoms with Crippen LogP contribution in [0.3, 0.4) is 0 Å². The molecule has 1 atom stereocenters. The zero-order chi connectivity index (χ0) is 15.1. The molecule has 1 aromatic rings. The minimum atomic E-state index is -0.837. The number of carbonyl (C=O) groups is 1. The molecule has 1 aliphatic rings. The Kier molecular flexibility index (Phi) is 5.80. The Bertz CT molecular complexity index is 438. The molecule has 1 saturated carbocycles. The van der Waals surface area contributed by atoms with Crippen LogP contribution in [0.2, 0.25) is 0 Å². The van der Waals surface area contributed by atoms with E-state index in [1.165, 1.54) is 25.7 Å². The number of aliphatic carboxylic acids is 1. The summed E-state index contributed by atoms with van der Waals surface area (Å²) in [5.41, 5.74) is 0.249. The summed E-state index contributed by atoms with van der Waals surface area (Å²) in [5, 5.41) is 13.3. The normalized spacial score (nSPS) is 19.7. The zero-order valence-corrected chi connectivity index (χ0v) is 13.0. The molecule has 2 N–H and O–H groups in total. The molecule has 21 heavy (non-hydrogen) atoms. The number of benzene rings is 1. The Hall–Kier alpha value is -1.35. The maximum Gasteiger partial charge on any atom is 0.324 e. The highest BCUT2D eigenvalue weighted by Gasteiger charge is 2.38. The van der Waals surface area contributed by atoms with Crippen LogP contribution in [-0.2, 0) is 11.2 Å². The number of carboxylic acid groups (broad SMARTS) is 1. The molecule has 1 aliphatic carbocycles. The minimum Gasteiger partial charge on any atom is -0.480 e. The third-order valence-corrected chi connectivity index (χ3v) is 4.70. The second kappa shape index (κ2) is 7.60. The van der Waals surface area contributed by atoms with Crippen LogP contribution in [-0.4, -0.2) is 22.7 Å². The number of nitrogens with one attached hydrogen (secondary N) is 1. The molecule has 0 amide bonds. The van der Waals surface area contributed by atoms with Gasteiger partial charge in [-0.25, -0.2) is 0 Å². The standard InChI is InChI=1S/C18H27NO2/c1-2-18(17(20)21,14-15-10-6-5-7-11-15)19-16-12-8-3-4-9-13-16/h5-7,10-11,16,19H,2-4,8-9,12-14H2,1H3,(H,20,21). The van der Waals surface area contributed by atoms with Crippen LogP contribution in [0.15, 0.2) is 30.3 Å². The van der Waals surface area contributed by atoms with Gasteiger partial charge in [-0.1, -0.05) is 62.9 Å². The lowest BCUT2D eigenvalue weighted by Gasteiger charge is -2.34. The molecule has 116 valence electrons. The van der Waals surface area contributed by atoms with Gasteiger partial charge < -0.3 is 5.11 Å². The lowest BCUT2D eigenvalue weighted by molar-refractivity contribution is -0.145. The van der Waals surface area contributed by atoms with Crippen molar-refractivity contribution in [2.24, 2.45) is 0 Å². The molecule has 1 aromatic carbocycles. The van der Waals surface area contributed by atoms with Crippen molar-refractivity contribution in [3.8, 4) is 0 Å². The van der Waals surface area contributed by atoms with Crippen LogP contribution < -0.4 is 5.32 Å². The molecule has 3 heteroatoms. The molecule has 2 rings (SSSR count). The summed E-state index contributed by atoms with van der Waals surface area (Å²) in [7, 11) is 0. The SMILES string of the molecule is CCC(Cc1ccccc1)(NC1CCCCCC1)C(=O)O. The highest BCUT2D eigenvalue weighted by molar-refractivity contribution is 5.79. The molecule has 0 aliphatic heterocycles. The highest BCUT2D eigenvalue weighted by atomic mass is 16.4. The highest BCUT2D eigenvalue weighted by Crippen LogP contribution is 2.24. The number of hydrogen-bond acceptors (Lipinski definition) is 2. The van der Waals surface area contributed by atoms with E-state index < -0.39 is 11.5 Å². The Morgan fingerprint density at radius 3 is 2.33 bits per heavy atom. The fourth-order valence-corrected chi connectivity index (χ4v) is 3.33. The van der Waals surface area contributed by atoms with Crippen LogP contribution >= 0.6 is 0 Å². The molecule has 0 saturated heterocycles. The first-order valence-corrected chi connectivity index (χ1v) is 8.21. The van der Waals surface area contributed by atoms with Crippen LogP contribution in [0.1, 0.15) is 57.4 Å². The molecule has 0 spiro atoms. The molecule has 0 radical (unpaired) electrons. The first-order chi connectivity index (χ1) is 10.2. The van der Waals surface area contributed by atoms with Crippen molar-refractivity contribution in [3.63, 3.8) is 0 Å². The Labute approximate surface area is 127 Å². The summed E-state index contributed by atoms with van der Waals surface area (Å²) in [4.78, 5) is 12.0. The fraction of sp³-hybridized carbons (Fsp3) is 0.611. The van der Waals surface area contributed by atoms with E-state index in [2.05, 4.69) is 5.32 Å². The molecule has 3 nitrogen and oxygen atoms in total. The van der Waals surface area contributed by atoms with Gasteiger partial charge in [-0.05, 0) is 24.8 Å². The van der Waals surface area contributed by atoms with Crippen LogP contribution in [0.4, 0.5) is 0 Å². The molecular weight excluding hydrogens is 262 g/mol. The van der Waals surface area contributed by atoms with Gasteiger partial charge in [-0.15, -0.1) is 0 Å². The predicted octanol–water partition coefficient (Wildman–Crippen LogP) is 3.77. The molecule has 1 unspecified atom stereocenters. The van der Waals surface area contributed by atoms with Crippen molar-refractivity contribution in [2.75, 3.05) is 0 Å². The topological polar surface area (TPSA) is 49.3 Å². The van der Waals surface area contributed by atoms with E-state index in [1.54, 1.807) is 0 Å². The van der Waals surface area contributed by atoms with E-state index in [9.17, 15) is 9.90 Å². The van der Waals surface area contributed by atoms with Crippen LogP contribution in [0.25, 0.3) is 0 Å². The fourth-order valence-electron chi connectivity index (χ4n) is 3.33. The van der Waals surface area contributed by atoms with Gasteiger partial charge in [0.15, 0.2) is 0 Å². The Balaban J connectivity index is 2.13. The second-order valence-electron chi connectivity index (χ2n) is 6.24. The van der Waals surface area contributed by atoms with E-state index in [4.69, 9.17) is 0 Å². The summed E-state index contributed by atoms with van der Waals surface area (Å²) in [6.07, 6.45) is 8.34. The summed E-state index contributed by atoms with van der Waals surface area (Å²) >= 11 is 0. The third kappa shape index (κ3) is 4.31. The van der Waals surface area contributed by atoms with E-state index >= 15 is 0 Å². The zero-order valence-electron chi connectivity index (χ0n) is 13.0. The predicted molar refractivity (Wildman–Crippen MR) is 85.4 cm³/mol. The molecule has 1 fully saturated rings. The van der Waals surface area contributed by atoms with Gasteiger partial charge in [0.25, 0.3) is 0 Å². The summed E-state index contributed by atoms with van der Waals surface area (Å²) in [5.74, 6) is -0.724.